The molecule has 0 aliphatic carbocycles. The number of benzene rings is 2. The van der Waals surface area contributed by atoms with Gasteiger partial charge < -0.3 is 4.74 Å². The molecule has 1 aliphatic heterocycles. The van der Waals surface area contributed by atoms with Crippen LogP contribution in [0.15, 0.2) is 41.5 Å². The Bertz CT molecular complexity index is 757. The van der Waals surface area contributed by atoms with Gasteiger partial charge in [0.1, 0.15) is 24.1 Å². The highest BCUT2D eigenvalue weighted by atomic mass is 19.1. The second-order valence-electron chi connectivity index (χ2n) is 4.51. The van der Waals surface area contributed by atoms with Crippen LogP contribution in [0.25, 0.3) is 11.1 Å². The Morgan fingerprint density at radius 1 is 1.05 bits per heavy atom. The van der Waals surface area contributed by atoms with Crippen LogP contribution in [0.4, 0.5) is 23.7 Å². The van der Waals surface area contributed by atoms with Gasteiger partial charge in [-0.3, -0.25) is 0 Å². The number of ether oxygens (including phenoxy) is 1. The van der Waals surface area contributed by atoms with Crippen molar-refractivity contribution in [1.82, 2.24) is 0 Å². The molecule has 1 aliphatic rings. The van der Waals surface area contributed by atoms with Gasteiger partial charge in [-0.25, -0.2) is 18.0 Å². The number of carbonyl (C=O) groups is 1. The van der Waals surface area contributed by atoms with Crippen molar-refractivity contribution in [1.29, 1.82) is 0 Å². The first-order valence-corrected chi connectivity index (χ1v) is 6.30. The van der Waals surface area contributed by atoms with Gasteiger partial charge in [0.2, 0.25) is 0 Å². The van der Waals surface area contributed by atoms with E-state index in [1.165, 1.54) is 18.3 Å². The van der Waals surface area contributed by atoms with Gasteiger partial charge in [0.15, 0.2) is 0 Å². The molecular weight excluding hydrogens is 297 g/mol. The normalized spacial score (nSPS) is 14.1. The summed E-state index contributed by atoms with van der Waals surface area (Å²) in [6.45, 7) is 0.0540. The molecule has 0 saturated heterocycles. The fraction of sp³-hybridized carbons (Fsp3) is 0.0667. The lowest BCUT2D eigenvalue weighted by atomic mass is 10.0. The largest absolute Gasteiger partial charge is 0.442 e. The van der Waals surface area contributed by atoms with E-state index in [-0.39, 0.29) is 23.4 Å². The molecule has 1 heterocycles. The minimum atomic E-state index is -0.803. The second kappa shape index (κ2) is 5.51. The topological polar surface area (TPSA) is 41.9 Å². The Labute approximate surface area is 123 Å². The number of carbonyl (C=O) groups excluding carboxylic acids is 1. The highest BCUT2D eigenvalue weighted by molar-refractivity contribution is 5.91. The molecule has 0 saturated carbocycles. The number of cyclic esters (lactones) is 1. The summed E-state index contributed by atoms with van der Waals surface area (Å²) in [6, 6.07) is 6.51. The molecule has 0 aromatic heterocycles. The lowest BCUT2D eigenvalue weighted by molar-refractivity contribution is 0.167. The van der Waals surface area contributed by atoms with E-state index in [9.17, 15) is 18.0 Å². The van der Waals surface area contributed by atoms with E-state index in [1.54, 1.807) is 0 Å². The smallest absolute Gasteiger partial charge is 0.435 e. The summed E-state index contributed by atoms with van der Waals surface area (Å²) in [5.41, 5.74) is 0.224. The van der Waals surface area contributed by atoms with Crippen molar-refractivity contribution in [2.24, 2.45) is 5.10 Å². The first kappa shape index (κ1) is 14.1. The zero-order valence-electron chi connectivity index (χ0n) is 11.1. The molecule has 22 heavy (non-hydrogen) atoms. The average Bonchev–Trinajstić information content (AvgIpc) is 2.46. The van der Waals surface area contributed by atoms with Gasteiger partial charge in [-0.1, -0.05) is 0 Å². The molecule has 0 radical (unpaired) electrons. The van der Waals surface area contributed by atoms with Crippen molar-refractivity contribution in [2.75, 3.05) is 11.6 Å². The Balaban J connectivity index is 2.00. The van der Waals surface area contributed by atoms with Gasteiger partial charge in [0.05, 0.1) is 11.9 Å². The molecule has 0 spiro atoms. The van der Waals surface area contributed by atoms with Crippen LogP contribution in [0.2, 0.25) is 0 Å². The minimum absolute atomic E-state index is 0.0107. The lowest BCUT2D eigenvalue weighted by Gasteiger charge is -2.20. The summed E-state index contributed by atoms with van der Waals surface area (Å²) in [5.74, 6) is -2.35. The number of amides is 1. The van der Waals surface area contributed by atoms with Gasteiger partial charge in [0, 0.05) is 17.7 Å². The van der Waals surface area contributed by atoms with E-state index >= 15 is 0 Å². The molecule has 112 valence electrons. The van der Waals surface area contributed by atoms with Crippen LogP contribution >= 0.6 is 0 Å². The zero-order valence-corrected chi connectivity index (χ0v) is 11.1. The number of hydrogen-bond donors (Lipinski definition) is 0. The molecule has 0 bridgehead atoms. The summed E-state index contributed by atoms with van der Waals surface area (Å²) in [5, 5.41) is 4.69. The third-order valence-electron chi connectivity index (χ3n) is 3.02. The van der Waals surface area contributed by atoms with Crippen LogP contribution in [0, 0.1) is 17.5 Å². The average molecular weight is 306 g/mol. The maximum atomic E-state index is 14.2. The first-order valence-electron chi connectivity index (χ1n) is 6.30. The van der Waals surface area contributed by atoms with Crippen LogP contribution < -0.4 is 5.01 Å². The zero-order chi connectivity index (χ0) is 15.7. The molecule has 0 N–H and O–H groups in total. The molecular formula is C15H9F3N2O2. The lowest BCUT2D eigenvalue weighted by Crippen LogP contribution is -2.31. The van der Waals surface area contributed by atoms with Crippen LogP contribution in [-0.2, 0) is 4.74 Å². The maximum absolute atomic E-state index is 14.2. The highest BCUT2D eigenvalue weighted by Gasteiger charge is 2.20. The number of hydrazone groups is 1. The summed E-state index contributed by atoms with van der Waals surface area (Å²) in [7, 11) is 0. The first-order chi connectivity index (χ1) is 10.5. The summed E-state index contributed by atoms with van der Waals surface area (Å²) in [4.78, 5) is 11.5. The second-order valence-corrected chi connectivity index (χ2v) is 4.51. The quantitative estimate of drug-likeness (QED) is 0.848. The van der Waals surface area contributed by atoms with E-state index in [0.29, 0.717) is 6.07 Å². The van der Waals surface area contributed by atoms with Crippen molar-refractivity contribution in [3.63, 3.8) is 0 Å². The van der Waals surface area contributed by atoms with E-state index in [4.69, 9.17) is 4.74 Å². The Morgan fingerprint density at radius 3 is 2.41 bits per heavy atom. The highest BCUT2D eigenvalue weighted by Crippen LogP contribution is 2.28. The molecule has 1 amide bonds. The number of rotatable bonds is 2. The molecule has 0 fully saturated rings. The van der Waals surface area contributed by atoms with Gasteiger partial charge in [0.25, 0.3) is 0 Å². The van der Waals surface area contributed by atoms with Crippen LogP contribution in [0.1, 0.15) is 0 Å². The Kier molecular flexibility index (Phi) is 3.54. The van der Waals surface area contributed by atoms with E-state index in [1.807, 2.05) is 0 Å². The molecule has 7 heteroatoms. The van der Waals surface area contributed by atoms with Crippen molar-refractivity contribution in [3.8, 4) is 11.1 Å². The summed E-state index contributed by atoms with van der Waals surface area (Å²) >= 11 is 0. The Morgan fingerprint density at radius 2 is 1.77 bits per heavy atom. The van der Waals surface area contributed by atoms with Crippen LogP contribution in [-0.4, -0.2) is 18.9 Å². The molecule has 3 rings (SSSR count). The van der Waals surface area contributed by atoms with E-state index in [0.717, 1.165) is 23.2 Å². The summed E-state index contributed by atoms with van der Waals surface area (Å²) in [6.07, 6.45) is 0.626. The maximum Gasteiger partial charge on any atom is 0.435 e. The van der Waals surface area contributed by atoms with Crippen molar-refractivity contribution < 1.29 is 22.7 Å². The fourth-order valence-corrected chi connectivity index (χ4v) is 2.08. The van der Waals surface area contributed by atoms with Gasteiger partial charge in [-0.05, 0) is 29.8 Å². The predicted molar refractivity (Wildman–Crippen MR) is 74.1 cm³/mol. The van der Waals surface area contributed by atoms with Gasteiger partial charge >= 0.3 is 6.09 Å². The number of hydrogen-bond acceptors (Lipinski definition) is 3. The third kappa shape index (κ3) is 2.65. The van der Waals surface area contributed by atoms with Crippen molar-refractivity contribution in [2.45, 2.75) is 0 Å². The number of nitrogens with zero attached hydrogens (tertiary/aromatic N) is 2. The third-order valence-corrected chi connectivity index (χ3v) is 3.02. The van der Waals surface area contributed by atoms with Gasteiger partial charge in [-0.2, -0.15) is 10.1 Å². The summed E-state index contributed by atoms with van der Waals surface area (Å²) < 4.78 is 45.4. The van der Waals surface area contributed by atoms with Crippen LogP contribution in [0.3, 0.4) is 0 Å². The van der Waals surface area contributed by atoms with E-state index < -0.39 is 23.5 Å². The molecule has 2 aromatic rings. The van der Waals surface area contributed by atoms with Crippen molar-refractivity contribution in [3.05, 3.63) is 53.8 Å². The molecule has 0 unspecified atom stereocenters. The number of halogens is 3. The van der Waals surface area contributed by atoms with E-state index in [2.05, 4.69) is 5.10 Å². The SMILES string of the molecule is O=C1OCC=NN1c1ccc(-c2cc(F)cc(F)c2)c(F)c1. The molecule has 4 nitrogen and oxygen atoms in total. The Hall–Kier alpha value is -2.83. The molecule has 2 aromatic carbocycles. The minimum Gasteiger partial charge on any atom is -0.442 e. The monoisotopic (exact) mass is 306 g/mol. The van der Waals surface area contributed by atoms with Crippen molar-refractivity contribution >= 4 is 18.0 Å². The molecule has 0 atom stereocenters. The van der Waals surface area contributed by atoms with Crippen LogP contribution in [0.5, 0.6) is 0 Å². The predicted octanol–water partition coefficient (Wildman–Crippen LogP) is 3.71. The van der Waals surface area contributed by atoms with Gasteiger partial charge in [-0.15, -0.1) is 0 Å². The fourth-order valence-electron chi connectivity index (χ4n) is 2.08. The standard InChI is InChI=1S/C15H9F3N2O2/c16-10-5-9(6-11(17)7-10)13-2-1-12(8-14(13)18)20-15(21)22-4-3-19-20/h1-3,5-8H,4H2. The number of anilines is 1.